The summed E-state index contributed by atoms with van der Waals surface area (Å²) in [5, 5.41) is 0. The summed E-state index contributed by atoms with van der Waals surface area (Å²) >= 11 is 0. The molecule has 0 amide bonds. The molecule has 6 nitrogen and oxygen atoms in total. The summed E-state index contributed by atoms with van der Waals surface area (Å²) in [6, 6.07) is 15.0. The average Bonchev–Trinajstić information content (AvgIpc) is 3.19. The smallest absolute Gasteiger partial charge is 0.338 e. The van der Waals surface area contributed by atoms with Crippen molar-refractivity contribution in [2.75, 3.05) is 67.6 Å². The van der Waals surface area contributed by atoms with Gasteiger partial charge in [0.15, 0.2) is 0 Å². The van der Waals surface area contributed by atoms with Crippen LogP contribution in [0.3, 0.4) is 0 Å². The molecule has 0 aromatic heterocycles. The molecule has 0 aliphatic carbocycles. The molecule has 0 saturated carbocycles. The van der Waals surface area contributed by atoms with E-state index in [-0.39, 0.29) is 11.9 Å². The van der Waals surface area contributed by atoms with Crippen LogP contribution in [0, 0.1) is 0 Å². The predicted octanol–water partition coefficient (Wildman–Crippen LogP) is 12.9. The fourth-order valence-corrected chi connectivity index (χ4v) is 7.41. The predicted molar refractivity (Wildman–Crippen MR) is 239 cm³/mol. The zero-order chi connectivity index (χ0) is 40.7. The first-order valence-corrected chi connectivity index (χ1v) is 22.9. The van der Waals surface area contributed by atoms with Crippen LogP contribution in [0.2, 0.25) is 0 Å². The van der Waals surface area contributed by atoms with Crippen molar-refractivity contribution in [2.24, 2.45) is 0 Å². The maximum absolute atomic E-state index is 12.7. The van der Waals surface area contributed by atoms with Gasteiger partial charge in [0.1, 0.15) is 0 Å². The van der Waals surface area contributed by atoms with Crippen molar-refractivity contribution in [1.29, 1.82) is 0 Å². The number of unbranched alkanes of at least 4 members (excludes halogenated alkanes) is 18. The van der Waals surface area contributed by atoms with Gasteiger partial charge in [-0.2, -0.15) is 0 Å². The summed E-state index contributed by atoms with van der Waals surface area (Å²) in [5.41, 5.74) is 3.12. The Balaban J connectivity index is 1.58. The standard InChI is InChI=1S/C50H84N2O4/c1-7-9-11-13-15-17-19-21-23-25-39-51(3,4)41-27-43-55-49(53)47-35-31-45(32-36-47)29-30-46-33-37-48(38-34-46)50(54)56-44-28-42-52(5,6)40-26-24-22-20-18-16-14-12-10-8-2/h29-38H,7-28,39-44H2,1-6H3/q+2/b30-29+. The Hall–Kier alpha value is -2.96. The highest BCUT2D eigenvalue weighted by Gasteiger charge is 2.16. The highest BCUT2D eigenvalue weighted by Crippen LogP contribution is 2.16. The summed E-state index contributed by atoms with van der Waals surface area (Å²) in [7, 11) is 9.14. The molecule has 2 aromatic carbocycles. The van der Waals surface area contributed by atoms with E-state index < -0.39 is 0 Å². The molecule has 56 heavy (non-hydrogen) atoms. The van der Waals surface area contributed by atoms with E-state index in [9.17, 15) is 9.59 Å². The summed E-state index contributed by atoms with van der Waals surface area (Å²) in [5.74, 6) is -0.537. The Morgan fingerprint density at radius 2 is 0.679 bits per heavy atom. The second-order valence-electron chi connectivity index (χ2n) is 17.7. The molecule has 2 rings (SSSR count). The van der Waals surface area contributed by atoms with Gasteiger partial charge in [-0.3, -0.25) is 0 Å². The molecule has 0 saturated heterocycles. The lowest BCUT2D eigenvalue weighted by Crippen LogP contribution is -2.41. The maximum atomic E-state index is 12.7. The van der Waals surface area contributed by atoms with Crippen LogP contribution in [0.4, 0.5) is 0 Å². The third-order valence-corrected chi connectivity index (χ3v) is 11.3. The van der Waals surface area contributed by atoms with Crippen LogP contribution < -0.4 is 0 Å². The Kier molecular flexibility index (Phi) is 26.5. The van der Waals surface area contributed by atoms with Crippen molar-refractivity contribution >= 4 is 24.1 Å². The van der Waals surface area contributed by atoms with Crippen LogP contribution in [-0.4, -0.2) is 88.5 Å². The average molecular weight is 777 g/mol. The Morgan fingerprint density at radius 1 is 0.411 bits per heavy atom. The monoisotopic (exact) mass is 777 g/mol. The molecule has 0 fully saturated rings. The van der Waals surface area contributed by atoms with Crippen LogP contribution in [0.25, 0.3) is 12.2 Å². The minimum Gasteiger partial charge on any atom is -0.462 e. The van der Waals surface area contributed by atoms with Crippen LogP contribution >= 0.6 is 0 Å². The van der Waals surface area contributed by atoms with Crippen LogP contribution in [0.5, 0.6) is 0 Å². The van der Waals surface area contributed by atoms with Crippen molar-refractivity contribution < 1.29 is 28.0 Å². The molecule has 0 heterocycles. The Labute approximate surface area is 344 Å². The second kappa shape index (κ2) is 30.2. The number of rotatable bonds is 34. The number of carbonyl (C=O) groups excluding carboxylic acids is 2. The van der Waals surface area contributed by atoms with Crippen LogP contribution in [-0.2, 0) is 9.47 Å². The summed E-state index contributed by atoms with van der Waals surface area (Å²) in [4.78, 5) is 25.3. The Morgan fingerprint density at radius 3 is 0.982 bits per heavy atom. The molecule has 0 N–H and O–H groups in total. The molecular formula is C50H84N2O4+2. The van der Waals surface area contributed by atoms with Gasteiger partial charge >= 0.3 is 11.9 Å². The van der Waals surface area contributed by atoms with E-state index >= 15 is 0 Å². The van der Waals surface area contributed by atoms with Gasteiger partial charge in [-0.25, -0.2) is 9.59 Å². The first-order chi connectivity index (χ1) is 27.0. The number of hydrogen-bond acceptors (Lipinski definition) is 4. The molecule has 0 unspecified atom stereocenters. The van der Waals surface area contributed by atoms with Gasteiger partial charge in [-0.15, -0.1) is 0 Å². The summed E-state index contributed by atoms with van der Waals surface area (Å²) in [6.07, 6.45) is 33.0. The van der Waals surface area contributed by atoms with Crippen molar-refractivity contribution in [1.82, 2.24) is 0 Å². The van der Waals surface area contributed by atoms with Crippen molar-refractivity contribution in [3.8, 4) is 0 Å². The molecular weight excluding hydrogens is 693 g/mol. The fraction of sp³-hybridized carbons (Fsp3) is 0.680. The van der Waals surface area contributed by atoms with Gasteiger partial charge in [0, 0.05) is 12.8 Å². The lowest BCUT2D eigenvalue weighted by molar-refractivity contribution is -0.890. The van der Waals surface area contributed by atoms with Crippen LogP contribution in [0.15, 0.2) is 48.5 Å². The number of carbonyl (C=O) groups is 2. The number of hydrogen-bond donors (Lipinski definition) is 0. The van der Waals surface area contributed by atoms with Gasteiger partial charge < -0.3 is 18.4 Å². The van der Waals surface area contributed by atoms with Gasteiger partial charge in [0.2, 0.25) is 0 Å². The van der Waals surface area contributed by atoms with E-state index in [0.717, 1.165) is 46.0 Å². The number of quaternary nitrogens is 2. The van der Waals surface area contributed by atoms with Crippen molar-refractivity contribution in [2.45, 2.75) is 155 Å². The van der Waals surface area contributed by atoms with Crippen LogP contribution in [0.1, 0.15) is 187 Å². The minimum absolute atomic E-state index is 0.268. The van der Waals surface area contributed by atoms with Gasteiger partial charge in [-0.1, -0.05) is 153 Å². The highest BCUT2D eigenvalue weighted by atomic mass is 16.5. The van der Waals surface area contributed by atoms with E-state index in [1.807, 2.05) is 60.7 Å². The number of nitrogens with zero attached hydrogens (tertiary/aromatic N) is 2. The molecule has 0 spiro atoms. The van der Waals surface area contributed by atoms with Gasteiger partial charge in [0.05, 0.1) is 78.7 Å². The first kappa shape index (κ1) is 49.2. The molecule has 0 radical (unpaired) electrons. The second-order valence-corrected chi connectivity index (χ2v) is 17.7. The summed E-state index contributed by atoms with van der Waals surface area (Å²) < 4.78 is 13.2. The molecule has 0 atom stereocenters. The van der Waals surface area contributed by atoms with E-state index in [0.29, 0.717) is 24.3 Å². The molecule has 316 valence electrons. The SMILES string of the molecule is CCCCCCCCCCCC[N+](C)(C)CCCOC(=O)c1ccc(/C=C/c2ccc(C(=O)OCCC[N+](C)(C)CCCCCCCCCCCC)cc2)cc1. The number of benzene rings is 2. The molecule has 2 aromatic rings. The minimum atomic E-state index is -0.268. The maximum Gasteiger partial charge on any atom is 0.338 e. The topological polar surface area (TPSA) is 52.6 Å². The van der Waals surface area contributed by atoms with E-state index in [1.165, 1.54) is 142 Å². The molecule has 6 heteroatoms. The number of esters is 2. The lowest BCUT2D eigenvalue weighted by Gasteiger charge is -2.29. The zero-order valence-electron chi connectivity index (χ0n) is 37.1. The quantitative estimate of drug-likeness (QED) is 0.0307. The van der Waals surface area contributed by atoms with E-state index in [2.05, 4.69) is 42.0 Å². The van der Waals surface area contributed by atoms with Crippen molar-refractivity contribution in [3.05, 3.63) is 70.8 Å². The number of ether oxygens (including phenoxy) is 2. The van der Waals surface area contributed by atoms with Crippen molar-refractivity contribution in [3.63, 3.8) is 0 Å². The third-order valence-electron chi connectivity index (χ3n) is 11.3. The zero-order valence-corrected chi connectivity index (χ0v) is 37.1. The Bertz CT molecular complexity index is 1210. The summed E-state index contributed by atoms with van der Waals surface area (Å²) in [6.45, 7) is 9.81. The largest absolute Gasteiger partial charge is 0.462 e. The first-order valence-electron chi connectivity index (χ1n) is 22.9. The molecule has 0 aliphatic rings. The van der Waals surface area contributed by atoms with E-state index in [4.69, 9.17) is 9.47 Å². The fourth-order valence-electron chi connectivity index (χ4n) is 7.41. The molecule has 0 bridgehead atoms. The normalized spacial score (nSPS) is 12.0. The molecule has 0 aliphatic heterocycles. The van der Waals surface area contributed by atoms with E-state index in [1.54, 1.807) is 0 Å². The lowest BCUT2D eigenvalue weighted by atomic mass is 10.1. The highest BCUT2D eigenvalue weighted by molar-refractivity contribution is 5.90. The van der Waals surface area contributed by atoms with Gasteiger partial charge in [-0.05, 0) is 61.1 Å². The van der Waals surface area contributed by atoms with Gasteiger partial charge in [0.25, 0.3) is 0 Å². The third kappa shape index (κ3) is 24.6.